The number of methoxy groups -OCH3 is 1. The van der Waals surface area contributed by atoms with Crippen LogP contribution in [-0.4, -0.2) is 29.9 Å². The van der Waals surface area contributed by atoms with Crippen molar-refractivity contribution < 1.29 is 9.47 Å². The van der Waals surface area contributed by atoms with Gasteiger partial charge in [0, 0.05) is 11.1 Å². The summed E-state index contributed by atoms with van der Waals surface area (Å²) >= 11 is 0. The maximum atomic E-state index is 6.90. The van der Waals surface area contributed by atoms with Crippen molar-refractivity contribution in [3.63, 3.8) is 0 Å². The molecule has 0 aliphatic carbocycles. The van der Waals surface area contributed by atoms with Gasteiger partial charge in [-0.3, -0.25) is 0 Å². The van der Waals surface area contributed by atoms with Crippen LogP contribution in [0.25, 0.3) is 46.6 Å². The lowest BCUT2D eigenvalue weighted by Crippen LogP contribution is -2.74. The van der Waals surface area contributed by atoms with Gasteiger partial charge in [0.1, 0.15) is 11.5 Å². The van der Waals surface area contributed by atoms with E-state index in [4.69, 9.17) is 9.47 Å². The second-order valence-electron chi connectivity index (χ2n) is 21.6. The summed E-state index contributed by atoms with van der Waals surface area (Å²) in [5.74, 6) is 2.15. The van der Waals surface area contributed by atoms with E-state index in [0.717, 1.165) is 68.8 Å². The number of ether oxygens (including phenoxy) is 2. The van der Waals surface area contributed by atoms with Gasteiger partial charge in [0.05, 0.1) is 13.7 Å². The molecule has 0 aliphatic heterocycles. The summed E-state index contributed by atoms with van der Waals surface area (Å²) in [6.45, 7) is 5.21. The Bertz CT molecular complexity index is 3650. The van der Waals surface area contributed by atoms with E-state index in [9.17, 15) is 0 Å². The van der Waals surface area contributed by atoms with E-state index in [0.29, 0.717) is 12.5 Å². The third-order valence-electron chi connectivity index (χ3n) is 16.6. The van der Waals surface area contributed by atoms with Crippen LogP contribution in [0, 0.1) is 5.92 Å². The molecule has 0 saturated heterocycles. The van der Waals surface area contributed by atoms with Crippen LogP contribution >= 0.6 is 0 Å². The predicted octanol–water partition coefficient (Wildman–Crippen LogP) is 14.7. The number of hydrogen-bond acceptors (Lipinski definition) is 2. The van der Waals surface area contributed by atoms with E-state index < -0.39 is 16.1 Å². The Labute approximate surface area is 494 Å². The lowest BCUT2D eigenvalue weighted by Gasteiger charge is -2.34. The summed E-state index contributed by atoms with van der Waals surface area (Å²) in [6.07, 6.45) is 13.5. The second-order valence-corrected chi connectivity index (χ2v) is 29.2. The summed E-state index contributed by atoms with van der Waals surface area (Å²) in [6, 6.07) is 107. The molecule has 4 heteroatoms. The number of hydrogen-bond donors (Lipinski definition) is 0. The van der Waals surface area contributed by atoms with Crippen LogP contribution in [-0.2, 0) is 0 Å². The monoisotopic (exact) mass is 1110 g/mol. The van der Waals surface area contributed by atoms with Crippen LogP contribution in [0.2, 0.25) is 0 Å². The first-order valence-corrected chi connectivity index (χ1v) is 33.5. The van der Waals surface area contributed by atoms with E-state index >= 15 is 0 Å². The molecule has 11 rings (SSSR count). The fourth-order valence-corrected chi connectivity index (χ4v) is 21.6. The highest BCUT2D eigenvalue weighted by Gasteiger charge is 2.42. The molecule has 0 aliphatic rings. The standard InChI is InChI=1S/C79H72O2Si2/c1-4-6-25-61(5-2)60-81-79-59-76(66-50-42-62(43-51-66)38-40-64-46-54-74(55-47-64)82(68-26-13-7-14-27-68,69-28-15-8-16-29-69)70-30-17-9-18-31-70)78(80-3)58-77(79)67-52-44-63(45-53-67)39-41-65-48-56-75(57-49-65)83(71-32-19-10-20-33-71,72-34-21-11-22-35-72)73-36-23-12-24-37-73/h7-24,26-59,61H,4-6,25,60H2,1-3H3. The Kier molecular flexibility index (Phi) is 17.9. The highest BCUT2D eigenvalue weighted by atomic mass is 28.3. The molecule has 0 N–H and O–H groups in total. The summed E-state index contributed by atoms with van der Waals surface area (Å²) in [5, 5.41) is 10.9. The Morgan fingerprint density at radius 2 is 0.614 bits per heavy atom. The first kappa shape index (κ1) is 55.8. The van der Waals surface area contributed by atoms with E-state index in [-0.39, 0.29) is 0 Å². The third-order valence-corrected chi connectivity index (χ3v) is 26.2. The summed E-state index contributed by atoms with van der Waals surface area (Å²) in [7, 11) is -3.42. The van der Waals surface area contributed by atoms with Crippen LogP contribution in [0.1, 0.15) is 61.8 Å². The fraction of sp³-hybridized carbons (Fsp3) is 0.114. The van der Waals surface area contributed by atoms with Gasteiger partial charge in [-0.05, 0) is 99.3 Å². The number of unbranched alkanes of at least 4 members (excludes halogenated alkanes) is 1. The maximum absolute atomic E-state index is 6.90. The first-order valence-electron chi connectivity index (χ1n) is 29.5. The molecular weight excluding hydrogens is 1040 g/mol. The highest BCUT2D eigenvalue weighted by Crippen LogP contribution is 2.42. The average Bonchev–Trinajstić information content (AvgIpc) is 3.70. The zero-order valence-corrected chi connectivity index (χ0v) is 50.0. The molecular formula is C79H72O2Si2. The summed E-state index contributed by atoms with van der Waals surface area (Å²) in [4.78, 5) is 0. The molecule has 0 aromatic heterocycles. The lowest BCUT2D eigenvalue weighted by atomic mass is 9.96. The maximum Gasteiger partial charge on any atom is 0.179 e. The van der Waals surface area contributed by atoms with E-state index in [2.05, 4.69) is 329 Å². The van der Waals surface area contributed by atoms with Crippen molar-refractivity contribution in [3.05, 3.63) is 313 Å². The summed E-state index contributed by atoms with van der Waals surface area (Å²) < 4.78 is 13.1. The topological polar surface area (TPSA) is 18.5 Å². The fourth-order valence-electron chi connectivity index (χ4n) is 12.2. The Morgan fingerprint density at radius 3 is 0.904 bits per heavy atom. The molecule has 11 aromatic carbocycles. The number of rotatable bonds is 22. The second kappa shape index (κ2) is 26.7. The molecule has 0 heterocycles. The van der Waals surface area contributed by atoms with Gasteiger partial charge in [0.2, 0.25) is 0 Å². The van der Waals surface area contributed by atoms with Gasteiger partial charge in [0.15, 0.2) is 16.1 Å². The van der Waals surface area contributed by atoms with Crippen LogP contribution in [0.5, 0.6) is 11.5 Å². The predicted molar refractivity (Wildman–Crippen MR) is 361 cm³/mol. The van der Waals surface area contributed by atoms with Gasteiger partial charge in [0.25, 0.3) is 0 Å². The van der Waals surface area contributed by atoms with Gasteiger partial charge in [-0.2, -0.15) is 0 Å². The smallest absolute Gasteiger partial charge is 0.179 e. The van der Waals surface area contributed by atoms with Gasteiger partial charge in [-0.15, -0.1) is 0 Å². The molecule has 0 spiro atoms. The molecule has 0 fully saturated rings. The third kappa shape index (κ3) is 12.1. The molecule has 0 amide bonds. The van der Waals surface area contributed by atoms with E-state index in [1.807, 2.05) is 0 Å². The van der Waals surface area contributed by atoms with Crippen molar-refractivity contribution in [2.75, 3.05) is 13.7 Å². The van der Waals surface area contributed by atoms with Crippen molar-refractivity contribution in [3.8, 4) is 33.8 Å². The van der Waals surface area contributed by atoms with Crippen molar-refractivity contribution in [1.82, 2.24) is 0 Å². The van der Waals surface area contributed by atoms with Crippen LogP contribution in [0.3, 0.4) is 0 Å². The Hall–Kier alpha value is -9.07. The van der Waals surface area contributed by atoms with Crippen molar-refractivity contribution in [1.29, 1.82) is 0 Å². The van der Waals surface area contributed by atoms with Gasteiger partial charge < -0.3 is 9.47 Å². The normalized spacial score (nSPS) is 12.1. The van der Waals surface area contributed by atoms with Crippen LogP contribution in [0.4, 0.5) is 0 Å². The highest BCUT2D eigenvalue weighted by molar-refractivity contribution is 7.20. The zero-order valence-electron chi connectivity index (χ0n) is 48.0. The van der Waals surface area contributed by atoms with Gasteiger partial charge >= 0.3 is 0 Å². The molecule has 0 saturated carbocycles. The molecule has 0 radical (unpaired) electrons. The molecule has 2 nitrogen and oxygen atoms in total. The SMILES string of the molecule is CCCCC(CC)COc1cc(-c2ccc(C=Cc3ccc([Si](c4ccccc4)(c4ccccc4)c4ccccc4)cc3)cc2)c(OC)cc1-c1ccc(C=Cc2ccc([Si](c3ccccc3)(c3ccccc3)c3ccccc3)cc2)cc1. The van der Waals surface area contributed by atoms with Crippen LogP contribution in [0.15, 0.2) is 291 Å². The Balaban J connectivity index is 0.848. The van der Waals surface area contributed by atoms with E-state index in [1.54, 1.807) is 7.11 Å². The number of benzene rings is 11. The molecule has 0 bridgehead atoms. The molecule has 11 aromatic rings. The van der Waals surface area contributed by atoms with Crippen LogP contribution < -0.4 is 51.0 Å². The average molecular weight is 1110 g/mol. The van der Waals surface area contributed by atoms with Gasteiger partial charge in [-0.25, -0.2) is 0 Å². The molecule has 1 unspecified atom stereocenters. The first-order chi connectivity index (χ1) is 41.0. The Morgan fingerprint density at radius 1 is 0.337 bits per heavy atom. The van der Waals surface area contributed by atoms with Crippen molar-refractivity contribution in [2.45, 2.75) is 39.5 Å². The molecule has 408 valence electrons. The molecule has 83 heavy (non-hydrogen) atoms. The van der Waals surface area contributed by atoms with Gasteiger partial charge in [-0.1, -0.05) is 336 Å². The minimum absolute atomic E-state index is 0.479. The summed E-state index contributed by atoms with van der Waals surface area (Å²) in [5.41, 5.74) is 8.74. The van der Waals surface area contributed by atoms with Crippen molar-refractivity contribution in [2.24, 2.45) is 5.92 Å². The minimum Gasteiger partial charge on any atom is -0.496 e. The minimum atomic E-state index is -2.59. The van der Waals surface area contributed by atoms with Crippen molar-refractivity contribution >= 4 is 81.9 Å². The van der Waals surface area contributed by atoms with E-state index in [1.165, 1.54) is 54.3 Å². The molecule has 1 atom stereocenters. The lowest BCUT2D eigenvalue weighted by molar-refractivity contribution is 0.234. The quantitative estimate of drug-likeness (QED) is 0.0383. The zero-order chi connectivity index (χ0) is 56.7. The largest absolute Gasteiger partial charge is 0.496 e.